The lowest BCUT2D eigenvalue weighted by molar-refractivity contribution is 0.283. The molecule has 1 heterocycles. The summed E-state index contributed by atoms with van der Waals surface area (Å²) in [6, 6.07) is 5.32. The monoisotopic (exact) mass is 274 g/mol. The van der Waals surface area contributed by atoms with E-state index in [-0.39, 0.29) is 12.4 Å². The first-order valence-corrected chi connectivity index (χ1v) is 6.07. The van der Waals surface area contributed by atoms with Crippen molar-refractivity contribution in [2.24, 2.45) is 0 Å². The van der Waals surface area contributed by atoms with Gasteiger partial charge in [-0.25, -0.2) is 4.39 Å². The topological polar surface area (TPSA) is 20.2 Å². The van der Waals surface area contributed by atoms with Crippen LogP contribution in [0.15, 0.2) is 18.2 Å². The molecule has 74 valence electrons. The second-order valence-corrected chi connectivity index (χ2v) is 4.59. The minimum atomic E-state index is -0.169. The molecule has 0 amide bonds. The van der Waals surface area contributed by atoms with Gasteiger partial charge < -0.3 is 5.11 Å². The van der Waals surface area contributed by atoms with E-state index in [2.05, 4.69) is 15.9 Å². The Bertz CT molecular complexity index is 466. The SMILES string of the molecule is OCc1cccc2c(F)c(CBr)sc12. The smallest absolute Gasteiger partial charge is 0.145 e. The fourth-order valence-corrected chi connectivity index (χ4v) is 3.03. The second kappa shape index (κ2) is 3.96. The molecule has 1 aromatic heterocycles. The Morgan fingerprint density at radius 1 is 1.43 bits per heavy atom. The molecule has 0 bridgehead atoms. The molecule has 0 saturated carbocycles. The maximum atomic E-state index is 13.6. The number of hydrogen-bond donors (Lipinski definition) is 1. The first-order valence-electron chi connectivity index (χ1n) is 4.13. The minimum Gasteiger partial charge on any atom is -0.392 e. The van der Waals surface area contributed by atoms with E-state index in [1.54, 1.807) is 12.1 Å². The largest absolute Gasteiger partial charge is 0.392 e. The molecular formula is C10H8BrFOS. The van der Waals surface area contributed by atoms with Crippen molar-refractivity contribution in [2.45, 2.75) is 11.9 Å². The van der Waals surface area contributed by atoms with Crippen LogP contribution < -0.4 is 0 Å². The van der Waals surface area contributed by atoms with Crippen molar-refractivity contribution in [2.75, 3.05) is 0 Å². The molecule has 0 aliphatic carbocycles. The van der Waals surface area contributed by atoms with E-state index >= 15 is 0 Å². The van der Waals surface area contributed by atoms with Crippen molar-refractivity contribution in [3.63, 3.8) is 0 Å². The average Bonchev–Trinajstić information content (AvgIpc) is 2.55. The quantitative estimate of drug-likeness (QED) is 0.832. The molecule has 4 heteroatoms. The van der Waals surface area contributed by atoms with Crippen LogP contribution in [0.3, 0.4) is 0 Å². The van der Waals surface area contributed by atoms with Gasteiger partial charge >= 0.3 is 0 Å². The summed E-state index contributed by atoms with van der Waals surface area (Å²) in [6.07, 6.45) is 0. The van der Waals surface area contributed by atoms with Crippen LogP contribution in [0.5, 0.6) is 0 Å². The van der Waals surface area contributed by atoms with Crippen molar-refractivity contribution in [1.29, 1.82) is 0 Å². The number of aliphatic hydroxyl groups excluding tert-OH is 1. The van der Waals surface area contributed by atoms with Gasteiger partial charge in [-0.3, -0.25) is 0 Å². The van der Waals surface area contributed by atoms with Gasteiger partial charge in [0, 0.05) is 15.4 Å². The summed E-state index contributed by atoms with van der Waals surface area (Å²) in [5.74, 6) is -0.169. The molecule has 1 nitrogen and oxygen atoms in total. The highest BCUT2D eigenvalue weighted by molar-refractivity contribution is 9.08. The average molecular weight is 275 g/mol. The van der Waals surface area contributed by atoms with Crippen LogP contribution in [0.25, 0.3) is 10.1 Å². The molecule has 0 unspecified atom stereocenters. The third-order valence-corrected chi connectivity index (χ3v) is 4.28. The number of halogens is 2. The van der Waals surface area contributed by atoms with E-state index in [9.17, 15) is 4.39 Å². The van der Waals surface area contributed by atoms with E-state index in [1.807, 2.05) is 6.07 Å². The highest BCUT2D eigenvalue weighted by Gasteiger charge is 2.12. The Balaban J connectivity index is 2.77. The van der Waals surface area contributed by atoms with Crippen LogP contribution in [0, 0.1) is 5.82 Å². The zero-order valence-electron chi connectivity index (χ0n) is 7.26. The molecule has 0 saturated heterocycles. The van der Waals surface area contributed by atoms with Gasteiger partial charge in [-0.2, -0.15) is 0 Å². The van der Waals surface area contributed by atoms with Crippen LogP contribution >= 0.6 is 27.3 Å². The number of aliphatic hydroxyl groups is 1. The second-order valence-electron chi connectivity index (χ2n) is 2.92. The molecule has 0 spiro atoms. The molecule has 1 aromatic carbocycles. The molecular weight excluding hydrogens is 267 g/mol. The zero-order chi connectivity index (χ0) is 10.1. The standard InChI is InChI=1S/C10H8BrFOS/c11-4-8-9(12)7-3-1-2-6(5-13)10(7)14-8/h1-3,13H,4-5H2. The molecule has 14 heavy (non-hydrogen) atoms. The van der Waals surface area contributed by atoms with Gasteiger partial charge in [0.1, 0.15) is 5.82 Å². The molecule has 2 rings (SSSR count). The predicted octanol–water partition coefficient (Wildman–Crippen LogP) is 3.43. The van der Waals surface area contributed by atoms with Gasteiger partial charge in [-0.1, -0.05) is 34.1 Å². The Kier molecular flexibility index (Phi) is 2.85. The minimum absolute atomic E-state index is 0.0426. The molecule has 1 N–H and O–H groups in total. The van der Waals surface area contributed by atoms with Gasteiger partial charge in [0.2, 0.25) is 0 Å². The van der Waals surface area contributed by atoms with E-state index in [0.29, 0.717) is 15.6 Å². The Labute approximate surface area is 93.3 Å². The van der Waals surface area contributed by atoms with Crippen LogP contribution in [0.1, 0.15) is 10.4 Å². The normalized spacial score (nSPS) is 11.1. The lowest BCUT2D eigenvalue weighted by Crippen LogP contribution is -1.82. The highest BCUT2D eigenvalue weighted by Crippen LogP contribution is 2.33. The van der Waals surface area contributed by atoms with Crippen molar-refractivity contribution < 1.29 is 9.50 Å². The van der Waals surface area contributed by atoms with Crippen molar-refractivity contribution in [3.05, 3.63) is 34.5 Å². The first-order chi connectivity index (χ1) is 6.77. The Hall–Kier alpha value is -0.450. The van der Waals surface area contributed by atoms with E-state index in [4.69, 9.17) is 5.11 Å². The van der Waals surface area contributed by atoms with Gasteiger partial charge in [-0.15, -0.1) is 11.3 Å². The maximum Gasteiger partial charge on any atom is 0.145 e. The van der Waals surface area contributed by atoms with Gasteiger partial charge in [0.05, 0.1) is 11.5 Å². The summed E-state index contributed by atoms with van der Waals surface area (Å²) in [5, 5.41) is 10.2. The summed E-state index contributed by atoms with van der Waals surface area (Å²) in [5.41, 5.74) is 0.790. The summed E-state index contributed by atoms with van der Waals surface area (Å²) in [7, 11) is 0. The van der Waals surface area contributed by atoms with Crippen LogP contribution in [0.4, 0.5) is 4.39 Å². The highest BCUT2D eigenvalue weighted by atomic mass is 79.9. The van der Waals surface area contributed by atoms with Crippen molar-refractivity contribution >= 4 is 37.4 Å². The van der Waals surface area contributed by atoms with Gasteiger partial charge in [0.15, 0.2) is 0 Å². The summed E-state index contributed by atoms with van der Waals surface area (Å²) >= 11 is 4.63. The number of hydrogen-bond acceptors (Lipinski definition) is 2. The molecule has 0 fully saturated rings. The molecule has 0 aliphatic rings. The lowest BCUT2D eigenvalue weighted by Gasteiger charge is -1.96. The number of rotatable bonds is 2. The van der Waals surface area contributed by atoms with E-state index < -0.39 is 0 Å². The number of thiophene rings is 1. The number of alkyl halides is 1. The fraction of sp³-hybridized carbons (Fsp3) is 0.200. The van der Waals surface area contributed by atoms with Crippen LogP contribution in [-0.2, 0) is 11.9 Å². The Morgan fingerprint density at radius 2 is 2.21 bits per heavy atom. The molecule has 2 aromatic rings. The summed E-state index contributed by atoms with van der Waals surface area (Å²) in [4.78, 5) is 0.681. The third kappa shape index (κ3) is 1.47. The zero-order valence-corrected chi connectivity index (χ0v) is 9.66. The summed E-state index contributed by atoms with van der Waals surface area (Å²) in [6.45, 7) is -0.0426. The van der Waals surface area contributed by atoms with Crippen molar-refractivity contribution in [3.8, 4) is 0 Å². The predicted molar refractivity (Wildman–Crippen MR) is 60.3 cm³/mol. The molecule has 0 aliphatic heterocycles. The van der Waals surface area contributed by atoms with E-state index in [0.717, 1.165) is 10.3 Å². The number of benzene rings is 1. The van der Waals surface area contributed by atoms with E-state index in [1.165, 1.54) is 11.3 Å². The van der Waals surface area contributed by atoms with Gasteiger partial charge in [0.25, 0.3) is 0 Å². The van der Waals surface area contributed by atoms with Gasteiger partial charge in [-0.05, 0) is 5.56 Å². The number of fused-ring (bicyclic) bond motifs is 1. The van der Waals surface area contributed by atoms with Crippen molar-refractivity contribution in [1.82, 2.24) is 0 Å². The first kappa shape index (κ1) is 10.1. The van der Waals surface area contributed by atoms with Crippen LogP contribution in [0.2, 0.25) is 0 Å². The summed E-state index contributed by atoms with van der Waals surface area (Å²) < 4.78 is 14.5. The van der Waals surface area contributed by atoms with Crippen LogP contribution in [-0.4, -0.2) is 5.11 Å². The fourth-order valence-electron chi connectivity index (χ4n) is 1.41. The maximum absolute atomic E-state index is 13.6. The molecule has 0 radical (unpaired) electrons. The molecule has 0 atom stereocenters. The lowest BCUT2D eigenvalue weighted by atomic mass is 10.1. The Morgan fingerprint density at radius 3 is 2.86 bits per heavy atom. The third-order valence-electron chi connectivity index (χ3n) is 2.09.